The molecule has 0 fully saturated rings. The van der Waals surface area contributed by atoms with Gasteiger partial charge in [0.1, 0.15) is 0 Å². The minimum atomic E-state index is -0.122. The van der Waals surface area contributed by atoms with Crippen LogP contribution in [0.2, 0.25) is 0 Å². The lowest BCUT2D eigenvalue weighted by atomic mass is 10.1. The zero-order valence-corrected chi connectivity index (χ0v) is 15.1. The summed E-state index contributed by atoms with van der Waals surface area (Å²) in [6.45, 7) is 4.02. The highest BCUT2D eigenvalue weighted by atomic mass is 32.2. The third-order valence-corrected chi connectivity index (χ3v) is 5.20. The van der Waals surface area contributed by atoms with Crippen molar-refractivity contribution in [2.45, 2.75) is 18.7 Å². The molecule has 0 aliphatic carbocycles. The fraction of sp³-hybridized carbons (Fsp3) is 0.167. The molecule has 0 aliphatic rings. The maximum atomic E-state index is 12.0. The predicted molar refractivity (Wildman–Crippen MR) is 102 cm³/mol. The Bertz CT molecular complexity index is 889. The van der Waals surface area contributed by atoms with Crippen LogP contribution in [0.25, 0.3) is 10.9 Å². The molecule has 4 nitrogen and oxygen atoms in total. The fourth-order valence-corrected chi connectivity index (χ4v) is 3.77. The van der Waals surface area contributed by atoms with Gasteiger partial charge < -0.3 is 0 Å². The molecule has 1 N–H and O–H groups in total. The molecule has 24 heavy (non-hydrogen) atoms. The molecular weight excluding hydrogens is 338 g/mol. The van der Waals surface area contributed by atoms with Gasteiger partial charge in [0.2, 0.25) is 5.91 Å². The van der Waals surface area contributed by atoms with E-state index in [1.165, 1.54) is 17.3 Å². The summed E-state index contributed by atoms with van der Waals surface area (Å²) in [6.07, 6.45) is 1.66. The summed E-state index contributed by atoms with van der Waals surface area (Å²) in [4.78, 5) is 18.6. The highest BCUT2D eigenvalue weighted by molar-refractivity contribution is 8.00. The number of aromatic nitrogens is 1. The molecule has 3 aromatic rings. The minimum Gasteiger partial charge on any atom is -0.272 e. The second kappa shape index (κ2) is 7.59. The second-order valence-corrected chi connectivity index (χ2v) is 7.38. The molecule has 0 aliphatic heterocycles. The summed E-state index contributed by atoms with van der Waals surface area (Å²) in [5.41, 5.74) is 5.65. The maximum Gasteiger partial charge on any atom is 0.250 e. The van der Waals surface area contributed by atoms with Crippen molar-refractivity contribution in [3.63, 3.8) is 0 Å². The van der Waals surface area contributed by atoms with Gasteiger partial charge in [0.15, 0.2) is 0 Å². The van der Waals surface area contributed by atoms with Crippen LogP contribution in [0.5, 0.6) is 0 Å². The number of fused-ring (bicyclic) bond motifs is 1. The van der Waals surface area contributed by atoms with E-state index >= 15 is 0 Å². The van der Waals surface area contributed by atoms with Crippen molar-refractivity contribution < 1.29 is 4.79 Å². The maximum absolute atomic E-state index is 12.0. The Balaban J connectivity index is 1.66. The average Bonchev–Trinajstić information content (AvgIpc) is 3.06. The summed E-state index contributed by atoms with van der Waals surface area (Å²) < 4.78 is 0. The monoisotopic (exact) mass is 355 g/mol. The Hall–Kier alpha value is -2.18. The Morgan fingerprint density at radius 2 is 2.21 bits per heavy atom. The molecule has 2 heterocycles. The Labute approximate surface area is 149 Å². The number of benzene rings is 1. The number of pyridine rings is 1. The number of carbonyl (C=O) groups excluding carboxylic acids is 1. The molecule has 122 valence electrons. The number of amides is 1. The number of hydrogen-bond acceptors (Lipinski definition) is 5. The van der Waals surface area contributed by atoms with Gasteiger partial charge in [0.25, 0.3) is 0 Å². The molecule has 0 spiro atoms. The fourth-order valence-electron chi connectivity index (χ4n) is 2.26. The number of aryl methyl sites for hydroxylation is 2. The summed E-state index contributed by atoms with van der Waals surface area (Å²) in [6, 6.07) is 12.1. The number of nitrogens with zero attached hydrogens (tertiary/aromatic N) is 2. The molecule has 0 atom stereocenters. The third-order valence-electron chi connectivity index (χ3n) is 3.34. The number of thiophene rings is 1. The number of nitrogens with one attached hydrogen (secondary N) is 1. The number of carbonyl (C=O) groups is 1. The largest absolute Gasteiger partial charge is 0.272 e. The van der Waals surface area contributed by atoms with Gasteiger partial charge in [-0.05, 0) is 43.5 Å². The van der Waals surface area contributed by atoms with Gasteiger partial charge in [0, 0.05) is 20.9 Å². The van der Waals surface area contributed by atoms with Crippen LogP contribution < -0.4 is 5.43 Å². The molecule has 2 aromatic heterocycles. The zero-order valence-electron chi connectivity index (χ0n) is 13.4. The van der Waals surface area contributed by atoms with E-state index in [9.17, 15) is 4.79 Å². The number of hydrazone groups is 1. The van der Waals surface area contributed by atoms with E-state index in [1.807, 2.05) is 36.6 Å². The molecule has 1 amide bonds. The van der Waals surface area contributed by atoms with E-state index in [0.717, 1.165) is 26.4 Å². The van der Waals surface area contributed by atoms with Crippen LogP contribution in [0.1, 0.15) is 16.1 Å². The highest BCUT2D eigenvalue weighted by Crippen LogP contribution is 2.28. The third kappa shape index (κ3) is 4.21. The number of thioether (sulfide) groups is 1. The van der Waals surface area contributed by atoms with E-state index in [2.05, 4.69) is 34.6 Å². The van der Waals surface area contributed by atoms with E-state index < -0.39 is 0 Å². The number of rotatable bonds is 5. The van der Waals surface area contributed by atoms with Crippen LogP contribution in [0.3, 0.4) is 0 Å². The van der Waals surface area contributed by atoms with Crippen molar-refractivity contribution in [3.8, 4) is 0 Å². The van der Waals surface area contributed by atoms with Crippen molar-refractivity contribution in [1.82, 2.24) is 10.4 Å². The van der Waals surface area contributed by atoms with Crippen molar-refractivity contribution >= 4 is 46.1 Å². The van der Waals surface area contributed by atoms with Crippen LogP contribution in [0.15, 0.2) is 51.8 Å². The molecule has 0 radical (unpaired) electrons. The van der Waals surface area contributed by atoms with Crippen LogP contribution in [0, 0.1) is 13.8 Å². The topological polar surface area (TPSA) is 54.4 Å². The lowest BCUT2D eigenvalue weighted by molar-refractivity contribution is -0.118. The Kier molecular flexibility index (Phi) is 5.27. The number of hydrogen-bond donors (Lipinski definition) is 1. The van der Waals surface area contributed by atoms with E-state index in [0.29, 0.717) is 5.75 Å². The quantitative estimate of drug-likeness (QED) is 0.425. The first-order valence-electron chi connectivity index (χ1n) is 7.48. The molecule has 0 bridgehead atoms. The first kappa shape index (κ1) is 16.7. The van der Waals surface area contributed by atoms with Gasteiger partial charge in [-0.1, -0.05) is 17.7 Å². The predicted octanol–water partition coefficient (Wildman–Crippen LogP) is 4.16. The lowest BCUT2D eigenvalue weighted by Gasteiger charge is -2.08. The molecule has 1 aromatic carbocycles. The molecule has 3 rings (SSSR count). The van der Waals surface area contributed by atoms with Crippen LogP contribution >= 0.6 is 23.1 Å². The van der Waals surface area contributed by atoms with Crippen LogP contribution in [0.4, 0.5) is 0 Å². The molecule has 0 unspecified atom stereocenters. The Morgan fingerprint density at radius 1 is 1.33 bits per heavy atom. The van der Waals surface area contributed by atoms with Gasteiger partial charge in [-0.25, -0.2) is 5.43 Å². The van der Waals surface area contributed by atoms with Gasteiger partial charge >= 0.3 is 0 Å². The highest BCUT2D eigenvalue weighted by Gasteiger charge is 2.08. The summed E-state index contributed by atoms with van der Waals surface area (Å²) in [7, 11) is 0. The van der Waals surface area contributed by atoms with Gasteiger partial charge in [-0.3, -0.25) is 9.78 Å². The zero-order chi connectivity index (χ0) is 16.9. The second-order valence-electron chi connectivity index (χ2n) is 5.38. The Morgan fingerprint density at radius 3 is 3.00 bits per heavy atom. The van der Waals surface area contributed by atoms with Gasteiger partial charge in [-0.15, -0.1) is 23.1 Å². The van der Waals surface area contributed by atoms with Gasteiger partial charge in [-0.2, -0.15) is 5.10 Å². The molecule has 6 heteroatoms. The smallest absolute Gasteiger partial charge is 0.250 e. The summed E-state index contributed by atoms with van der Waals surface area (Å²) >= 11 is 3.08. The average molecular weight is 355 g/mol. The molecule has 0 saturated heterocycles. The van der Waals surface area contributed by atoms with Crippen molar-refractivity contribution in [3.05, 3.63) is 57.9 Å². The van der Waals surface area contributed by atoms with Crippen molar-refractivity contribution in [2.24, 2.45) is 5.10 Å². The van der Waals surface area contributed by atoms with E-state index in [4.69, 9.17) is 0 Å². The molecular formula is C18H17N3OS2. The summed E-state index contributed by atoms with van der Waals surface area (Å²) in [5.74, 6) is 0.192. The van der Waals surface area contributed by atoms with Crippen molar-refractivity contribution in [1.29, 1.82) is 0 Å². The van der Waals surface area contributed by atoms with Crippen LogP contribution in [-0.2, 0) is 4.79 Å². The molecule has 0 saturated carbocycles. The lowest BCUT2D eigenvalue weighted by Crippen LogP contribution is -2.19. The standard InChI is InChI=1S/C18H17N3OS2/c1-12-5-6-16-15(8-12)17(9-13(2)20-16)24-11-18(22)21-19-10-14-4-3-7-23-14/h3-10H,11H2,1-2H3,(H,21,22)/b19-10+. The first-order chi connectivity index (χ1) is 11.6. The summed E-state index contributed by atoms with van der Waals surface area (Å²) in [5, 5.41) is 7.03. The normalized spacial score (nSPS) is 11.2. The SMILES string of the molecule is Cc1ccc2nc(C)cc(SCC(=O)N/N=C/c3cccs3)c2c1. The minimum absolute atomic E-state index is 0.122. The van der Waals surface area contributed by atoms with Crippen LogP contribution in [-0.4, -0.2) is 22.9 Å². The van der Waals surface area contributed by atoms with E-state index in [1.54, 1.807) is 17.6 Å². The van der Waals surface area contributed by atoms with Gasteiger partial charge in [0.05, 0.1) is 17.5 Å². The first-order valence-corrected chi connectivity index (χ1v) is 9.34. The van der Waals surface area contributed by atoms with E-state index in [-0.39, 0.29) is 5.91 Å². The van der Waals surface area contributed by atoms with Crippen molar-refractivity contribution in [2.75, 3.05) is 5.75 Å².